The minimum Gasteiger partial charge on any atom is -0.481 e. The summed E-state index contributed by atoms with van der Waals surface area (Å²) in [6.07, 6.45) is 6.12. The van der Waals surface area contributed by atoms with Crippen molar-refractivity contribution in [2.24, 2.45) is 0 Å². The second-order valence-corrected chi connectivity index (χ2v) is 7.20. The van der Waals surface area contributed by atoms with Gasteiger partial charge in [-0.05, 0) is 37.9 Å². The molecule has 1 saturated carbocycles. The maximum Gasteiger partial charge on any atom is 0.304 e. The monoisotopic (exact) mass is 285 g/mol. The van der Waals surface area contributed by atoms with E-state index in [0.29, 0.717) is 18.6 Å². The number of carboxylic acids is 1. The van der Waals surface area contributed by atoms with Crippen molar-refractivity contribution in [1.29, 1.82) is 0 Å². The van der Waals surface area contributed by atoms with Crippen molar-refractivity contribution in [3.8, 4) is 0 Å². The third kappa shape index (κ3) is 3.26. The smallest absolute Gasteiger partial charge is 0.304 e. The summed E-state index contributed by atoms with van der Waals surface area (Å²) in [6.45, 7) is 1.56. The first kappa shape index (κ1) is 13.7. The van der Waals surface area contributed by atoms with Crippen LogP contribution in [-0.2, 0) is 9.53 Å². The van der Waals surface area contributed by atoms with Crippen LogP contribution in [0.3, 0.4) is 0 Å². The van der Waals surface area contributed by atoms with Crippen molar-refractivity contribution in [3.63, 3.8) is 0 Å². The zero-order valence-electron chi connectivity index (χ0n) is 11.3. The SMILES string of the molecule is O=C(O)CCN(C1CC1)C1CCOC2(CCSC2)C1. The molecule has 5 heteroatoms. The molecular weight excluding hydrogens is 262 g/mol. The van der Waals surface area contributed by atoms with Gasteiger partial charge in [-0.3, -0.25) is 9.69 Å². The molecule has 1 spiro atoms. The molecule has 0 aromatic carbocycles. The fourth-order valence-electron chi connectivity index (χ4n) is 3.44. The summed E-state index contributed by atoms with van der Waals surface area (Å²) >= 11 is 2.00. The Morgan fingerprint density at radius 1 is 1.37 bits per heavy atom. The van der Waals surface area contributed by atoms with Gasteiger partial charge in [-0.1, -0.05) is 0 Å². The summed E-state index contributed by atoms with van der Waals surface area (Å²) in [5.74, 6) is 1.66. The van der Waals surface area contributed by atoms with Crippen molar-refractivity contribution in [2.75, 3.05) is 24.7 Å². The summed E-state index contributed by atoms with van der Waals surface area (Å²) in [6, 6.07) is 1.19. The van der Waals surface area contributed by atoms with Crippen LogP contribution < -0.4 is 0 Å². The van der Waals surface area contributed by atoms with Gasteiger partial charge < -0.3 is 9.84 Å². The highest BCUT2D eigenvalue weighted by Crippen LogP contribution is 2.41. The number of ether oxygens (including phenoxy) is 1. The van der Waals surface area contributed by atoms with Gasteiger partial charge >= 0.3 is 5.97 Å². The second-order valence-electron chi connectivity index (χ2n) is 6.09. The van der Waals surface area contributed by atoms with Crippen molar-refractivity contribution in [3.05, 3.63) is 0 Å². The maximum absolute atomic E-state index is 10.8. The van der Waals surface area contributed by atoms with Gasteiger partial charge in [0.05, 0.1) is 12.0 Å². The number of carbonyl (C=O) groups is 1. The molecule has 2 atom stereocenters. The number of carboxylic acid groups (broad SMARTS) is 1. The molecule has 0 radical (unpaired) electrons. The first-order valence-electron chi connectivity index (χ1n) is 7.38. The number of rotatable bonds is 5. The van der Waals surface area contributed by atoms with E-state index in [9.17, 15) is 4.79 Å². The lowest BCUT2D eigenvalue weighted by Gasteiger charge is -2.42. The van der Waals surface area contributed by atoms with Gasteiger partial charge in [0.15, 0.2) is 0 Å². The Morgan fingerprint density at radius 3 is 2.84 bits per heavy atom. The second kappa shape index (κ2) is 5.62. The average molecular weight is 285 g/mol. The largest absolute Gasteiger partial charge is 0.481 e. The Bertz CT molecular complexity index is 340. The summed E-state index contributed by atoms with van der Waals surface area (Å²) in [4.78, 5) is 13.3. The Labute approximate surface area is 118 Å². The molecule has 4 nitrogen and oxygen atoms in total. The van der Waals surface area contributed by atoms with Gasteiger partial charge in [0.1, 0.15) is 0 Å². The summed E-state index contributed by atoms with van der Waals surface area (Å²) in [5, 5.41) is 8.91. The number of hydrogen-bond acceptors (Lipinski definition) is 4. The van der Waals surface area contributed by atoms with Crippen LogP contribution in [0.4, 0.5) is 0 Å². The summed E-state index contributed by atoms with van der Waals surface area (Å²) in [7, 11) is 0. The normalized spacial score (nSPS) is 35.1. The predicted molar refractivity (Wildman–Crippen MR) is 75.6 cm³/mol. The summed E-state index contributed by atoms with van der Waals surface area (Å²) < 4.78 is 6.07. The van der Waals surface area contributed by atoms with E-state index in [1.807, 2.05) is 11.8 Å². The molecule has 1 aliphatic carbocycles. The Hall–Kier alpha value is -0.260. The first-order chi connectivity index (χ1) is 9.19. The van der Waals surface area contributed by atoms with Gasteiger partial charge in [-0.2, -0.15) is 11.8 Å². The van der Waals surface area contributed by atoms with E-state index >= 15 is 0 Å². The van der Waals surface area contributed by atoms with Gasteiger partial charge in [0.25, 0.3) is 0 Å². The lowest BCUT2D eigenvalue weighted by molar-refractivity contribution is -0.138. The van der Waals surface area contributed by atoms with Crippen LogP contribution in [-0.4, -0.2) is 58.3 Å². The molecule has 2 unspecified atom stereocenters. The zero-order chi connectivity index (χ0) is 13.3. The molecule has 2 heterocycles. The van der Waals surface area contributed by atoms with Crippen molar-refractivity contribution in [1.82, 2.24) is 4.90 Å². The average Bonchev–Trinajstić information content (AvgIpc) is 3.12. The molecule has 2 aliphatic heterocycles. The number of hydrogen-bond donors (Lipinski definition) is 1. The van der Waals surface area contributed by atoms with Crippen molar-refractivity contribution >= 4 is 17.7 Å². The third-order valence-corrected chi connectivity index (χ3v) is 5.83. The minimum absolute atomic E-state index is 0.101. The highest BCUT2D eigenvalue weighted by molar-refractivity contribution is 7.99. The molecule has 3 aliphatic rings. The highest BCUT2D eigenvalue weighted by atomic mass is 32.2. The molecule has 0 bridgehead atoms. The predicted octanol–water partition coefficient (Wildman–Crippen LogP) is 1.98. The van der Waals surface area contributed by atoms with Gasteiger partial charge in [-0.25, -0.2) is 0 Å². The molecule has 3 rings (SSSR count). The standard InChI is InChI=1S/C14H23NO3S/c16-13(17)3-6-15(11-1-2-11)12-4-7-18-14(9-12)5-8-19-10-14/h11-12H,1-10H2,(H,16,17). The van der Waals surface area contributed by atoms with Crippen LogP contribution in [0.2, 0.25) is 0 Å². The lowest BCUT2D eigenvalue weighted by atomic mass is 9.89. The molecule has 3 fully saturated rings. The Morgan fingerprint density at radius 2 is 2.21 bits per heavy atom. The van der Waals surface area contributed by atoms with Crippen LogP contribution in [0.1, 0.15) is 38.5 Å². The van der Waals surface area contributed by atoms with Crippen LogP contribution in [0, 0.1) is 0 Å². The molecular formula is C14H23NO3S. The lowest BCUT2D eigenvalue weighted by Crippen LogP contribution is -2.50. The fourth-order valence-corrected chi connectivity index (χ4v) is 4.82. The first-order valence-corrected chi connectivity index (χ1v) is 8.53. The molecule has 19 heavy (non-hydrogen) atoms. The van der Waals surface area contributed by atoms with Crippen LogP contribution in [0.25, 0.3) is 0 Å². The maximum atomic E-state index is 10.8. The number of aliphatic carboxylic acids is 1. The zero-order valence-corrected chi connectivity index (χ0v) is 12.2. The van der Waals surface area contributed by atoms with Crippen LogP contribution >= 0.6 is 11.8 Å². The molecule has 0 aromatic rings. The van der Waals surface area contributed by atoms with E-state index in [4.69, 9.17) is 9.84 Å². The van der Waals surface area contributed by atoms with E-state index in [2.05, 4.69) is 4.90 Å². The van der Waals surface area contributed by atoms with Gasteiger partial charge in [0, 0.05) is 31.0 Å². The minimum atomic E-state index is -0.677. The highest BCUT2D eigenvalue weighted by Gasteiger charge is 2.44. The molecule has 108 valence electrons. The van der Waals surface area contributed by atoms with E-state index in [0.717, 1.165) is 25.2 Å². The Kier molecular flexibility index (Phi) is 4.06. The van der Waals surface area contributed by atoms with Crippen molar-refractivity contribution in [2.45, 2.75) is 56.2 Å². The van der Waals surface area contributed by atoms with E-state index in [1.54, 1.807) is 0 Å². The number of thioether (sulfide) groups is 1. The summed E-state index contributed by atoms with van der Waals surface area (Å²) in [5.41, 5.74) is 0.101. The van der Waals surface area contributed by atoms with E-state index in [-0.39, 0.29) is 12.0 Å². The third-order valence-electron chi connectivity index (χ3n) is 4.60. The van der Waals surface area contributed by atoms with E-state index < -0.39 is 5.97 Å². The Balaban J connectivity index is 1.62. The fraction of sp³-hybridized carbons (Fsp3) is 0.929. The molecule has 1 N–H and O–H groups in total. The molecule has 0 aromatic heterocycles. The quantitative estimate of drug-likeness (QED) is 0.837. The van der Waals surface area contributed by atoms with Crippen LogP contribution in [0.15, 0.2) is 0 Å². The van der Waals surface area contributed by atoms with E-state index in [1.165, 1.54) is 25.0 Å². The van der Waals surface area contributed by atoms with Crippen molar-refractivity contribution < 1.29 is 14.6 Å². The number of nitrogens with zero attached hydrogens (tertiary/aromatic N) is 1. The van der Waals surface area contributed by atoms with Gasteiger partial charge in [0.2, 0.25) is 0 Å². The topological polar surface area (TPSA) is 49.8 Å². The molecule has 0 amide bonds. The van der Waals surface area contributed by atoms with Gasteiger partial charge in [-0.15, -0.1) is 0 Å². The molecule has 2 saturated heterocycles. The van der Waals surface area contributed by atoms with Crippen LogP contribution in [0.5, 0.6) is 0 Å².